The van der Waals surface area contributed by atoms with E-state index in [-0.39, 0.29) is 5.71 Å². The molecule has 0 radical (unpaired) electrons. The van der Waals surface area contributed by atoms with E-state index < -0.39 is 35.3 Å². The topological polar surface area (TPSA) is 108 Å². The molecule has 0 saturated heterocycles. The van der Waals surface area contributed by atoms with Crippen molar-refractivity contribution in [2.45, 2.75) is 12.3 Å². The number of halogens is 3. The number of likely N-dealkylation sites (N-methyl/N-ethyl adjacent to an activating group) is 1. The third-order valence-corrected chi connectivity index (χ3v) is 5.45. The van der Waals surface area contributed by atoms with Crippen molar-refractivity contribution in [1.29, 1.82) is 21.2 Å². The van der Waals surface area contributed by atoms with E-state index in [1.807, 2.05) is 36.2 Å². The van der Waals surface area contributed by atoms with Crippen LogP contribution in [0, 0.1) is 56.7 Å². The van der Waals surface area contributed by atoms with Gasteiger partial charge in [0.1, 0.15) is 11.7 Å². The molecule has 0 spiro atoms. The first-order chi connectivity index (χ1) is 13.7. The lowest BCUT2D eigenvalue weighted by Crippen LogP contribution is -2.52. The van der Waals surface area contributed by atoms with Crippen molar-refractivity contribution in [3.8, 4) is 24.0 Å². The van der Waals surface area contributed by atoms with Crippen molar-refractivity contribution >= 4 is 5.71 Å². The maximum atomic E-state index is 12.4. The van der Waals surface area contributed by atoms with E-state index in [4.69, 9.17) is 5.41 Å². The summed E-state index contributed by atoms with van der Waals surface area (Å²) < 4.78 is 41.2. The van der Waals surface area contributed by atoms with Crippen LogP contribution in [0.15, 0.2) is 35.9 Å². The maximum Gasteiger partial charge on any atom is 0.573 e. The number of nitrogens with one attached hydrogen (secondary N) is 1. The minimum atomic E-state index is -4.83. The van der Waals surface area contributed by atoms with Gasteiger partial charge in [-0.15, -0.1) is 13.2 Å². The third kappa shape index (κ3) is 3.44. The average Bonchev–Trinajstić information content (AvgIpc) is 2.67. The second-order valence-corrected chi connectivity index (χ2v) is 7.13. The van der Waals surface area contributed by atoms with E-state index >= 15 is 0 Å². The molecule has 1 unspecified atom stereocenters. The number of hydrogen-bond donors (Lipinski definition) is 1. The summed E-state index contributed by atoms with van der Waals surface area (Å²) >= 11 is 0. The smallest absolute Gasteiger partial charge is 0.406 e. The zero-order valence-electron chi connectivity index (χ0n) is 15.4. The lowest BCUT2D eigenvalue weighted by molar-refractivity contribution is -0.274. The molecule has 6 nitrogen and oxygen atoms in total. The van der Waals surface area contributed by atoms with Gasteiger partial charge in [-0.2, -0.15) is 15.8 Å². The lowest BCUT2D eigenvalue weighted by atomic mass is 9.54. The number of nitrogens with zero attached hydrogens (tertiary/aromatic N) is 4. The fourth-order valence-electron chi connectivity index (χ4n) is 4.20. The molecule has 1 aromatic rings. The first-order valence-electron chi connectivity index (χ1n) is 8.72. The van der Waals surface area contributed by atoms with Crippen LogP contribution in [0.3, 0.4) is 0 Å². The summed E-state index contributed by atoms with van der Waals surface area (Å²) in [6, 6.07) is 10.9. The monoisotopic (exact) mass is 399 g/mol. The number of hydrogen-bond acceptors (Lipinski definition) is 6. The molecule has 2 aliphatic rings. The molecule has 0 amide bonds. The first-order valence-corrected chi connectivity index (χ1v) is 8.72. The molecule has 1 aliphatic carbocycles. The highest BCUT2D eigenvalue weighted by Gasteiger charge is 2.57. The molecular formula is C20H16F3N5O. The SMILES string of the molecule is CN1CC=C2C(C#N)C(=N)C(C#N)(C#N)[C@H](c3ccc(OC(F)(F)F)cc3)[C@H]2C1. The Kier molecular flexibility index (Phi) is 5.09. The highest BCUT2D eigenvalue weighted by molar-refractivity contribution is 6.00. The predicted octanol–water partition coefficient (Wildman–Crippen LogP) is 3.36. The Morgan fingerprint density at radius 3 is 2.31 bits per heavy atom. The Labute approximate surface area is 165 Å². The van der Waals surface area contributed by atoms with Crippen LogP contribution in [0.5, 0.6) is 5.75 Å². The molecule has 0 bridgehead atoms. The Hall–Kier alpha value is -3.35. The second kappa shape index (κ2) is 7.24. The van der Waals surface area contributed by atoms with Crippen molar-refractivity contribution < 1.29 is 17.9 Å². The maximum absolute atomic E-state index is 12.4. The summed E-state index contributed by atoms with van der Waals surface area (Å²) in [5.74, 6) is -2.60. The van der Waals surface area contributed by atoms with Crippen LogP contribution < -0.4 is 4.74 Å². The van der Waals surface area contributed by atoms with Gasteiger partial charge in [-0.05, 0) is 30.3 Å². The second-order valence-electron chi connectivity index (χ2n) is 7.13. The van der Waals surface area contributed by atoms with Crippen LogP contribution in [-0.4, -0.2) is 37.1 Å². The Bertz CT molecular complexity index is 964. The summed E-state index contributed by atoms with van der Waals surface area (Å²) in [4.78, 5) is 1.96. The van der Waals surface area contributed by atoms with E-state index in [1.165, 1.54) is 12.1 Å². The summed E-state index contributed by atoms with van der Waals surface area (Å²) in [5.41, 5.74) is -1.07. The molecule has 3 rings (SSSR count). The third-order valence-electron chi connectivity index (χ3n) is 5.45. The molecule has 3 atom stereocenters. The van der Waals surface area contributed by atoms with Gasteiger partial charge in [0.2, 0.25) is 0 Å². The highest BCUT2D eigenvalue weighted by atomic mass is 19.4. The van der Waals surface area contributed by atoms with Crippen LogP contribution in [0.4, 0.5) is 13.2 Å². The van der Waals surface area contributed by atoms with E-state index in [1.54, 1.807) is 0 Å². The van der Waals surface area contributed by atoms with Gasteiger partial charge < -0.3 is 15.0 Å². The Morgan fingerprint density at radius 1 is 1.17 bits per heavy atom. The van der Waals surface area contributed by atoms with Crippen LogP contribution in [0.25, 0.3) is 0 Å². The molecule has 1 fully saturated rings. The largest absolute Gasteiger partial charge is 0.573 e. The van der Waals surface area contributed by atoms with Crippen LogP contribution >= 0.6 is 0 Å². The van der Waals surface area contributed by atoms with Crippen LogP contribution in [0.1, 0.15) is 11.5 Å². The number of alkyl halides is 3. The molecule has 148 valence electrons. The van der Waals surface area contributed by atoms with Gasteiger partial charge in [0.25, 0.3) is 0 Å². The van der Waals surface area contributed by atoms with E-state index in [2.05, 4.69) is 4.74 Å². The molecule has 29 heavy (non-hydrogen) atoms. The molecule has 1 aromatic carbocycles. The highest BCUT2D eigenvalue weighted by Crippen LogP contribution is 2.53. The first kappa shape index (κ1) is 20.4. The number of fused-ring (bicyclic) bond motifs is 1. The molecule has 0 aromatic heterocycles. The van der Waals surface area contributed by atoms with E-state index in [0.717, 1.165) is 12.1 Å². The fraction of sp³-hybridized carbons (Fsp3) is 0.400. The minimum absolute atomic E-state index is 0.294. The van der Waals surface area contributed by atoms with Crippen LogP contribution in [-0.2, 0) is 0 Å². The molecule has 1 heterocycles. The zero-order valence-corrected chi connectivity index (χ0v) is 15.4. The normalized spacial score (nSPS) is 26.3. The van der Waals surface area contributed by atoms with E-state index in [9.17, 15) is 29.0 Å². The average molecular weight is 399 g/mol. The predicted molar refractivity (Wildman–Crippen MR) is 95.4 cm³/mol. The van der Waals surface area contributed by atoms with Gasteiger partial charge in [-0.25, -0.2) is 0 Å². The standard InChI is InChI=1S/C20H16F3N5O/c1-28-7-6-14-15(8-24)18(27)19(10-25,11-26)17(16(14)9-28)12-2-4-13(5-3-12)29-20(21,22)23/h2-6,15-17,27H,7,9H2,1H3/t15?,16-,17+/m0/s1. The molecular weight excluding hydrogens is 383 g/mol. The van der Waals surface area contributed by atoms with Crippen molar-refractivity contribution in [3.63, 3.8) is 0 Å². The summed E-state index contributed by atoms with van der Waals surface area (Å²) in [6.07, 6.45) is -3.00. The van der Waals surface area contributed by atoms with Crippen molar-refractivity contribution in [3.05, 3.63) is 41.5 Å². The zero-order chi connectivity index (χ0) is 21.4. The molecule has 9 heteroatoms. The number of nitriles is 3. The van der Waals surface area contributed by atoms with Gasteiger partial charge >= 0.3 is 6.36 Å². The van der Waals surface area contributed by atoms with Gasteiger partial charge in [0.15, 0.2) is 5.41 Å². The number of rotatable bonds is 2. The molecule has 1 aliphatic heterocycles. The summed E-state index contributed by atoms with van der Waals surface area (Å²) in [6.45, 7) is 1.02. The number of ether oxygens (including phenoxy) is 1. The van der Waals surface area contributed by atoms with Gasteiger partial charge in [-0.1, -0.05) is 18.2 Å². The lowest BCUT2D eigenvalue weighted by Gasteiger charge is -2.47. The minimum Gasteiger partial charge on any atom is -0.406 e. The fourth-order valence-corrected chi connectivity index (χ4v) is 4.20. The van der Waals surface area contributed by atoms with Crippen molar-refractivity contribution in [2.24, 2.45) is 17.3 Å². The molecule has 1 saturated carbocycles. The Balaban J connectivity index is 2.13. The van der Waals surface area contributed by atoms with Gasteiger partial charge in [0, 0.05) is 24.9 Å². The summed E-state index contributed by atoms with van der Waals surface area (Å²) in [7, 11) is 1.85. The van der Waals surface area contributed by atoms with Crippen LogP contribution in [0.2, 0.25) is 0 Å². The van der Waals surface area contributed by atoms with E-state index in [0.29, 0.717) is 24.2 Å². The number of benzene rings is 1. The Morgan fingerprint density at radius 2 is 1.79 bits per heavy atom. The molecule has 1 N–H and O–H groups in total. The van der Waals surface area contributed by atoms with Crippen molar-refractivity contribution in [1.82, 2.24) is 4.90 Å². The quantitative estimate of drug-likeness (QED) is 0.767. The van der Waals surface area contributed by atoms with Gasteiger partial charge in [-0.3, -0.25) is 0 Å². The summed E-state index contributed by atoms with van der Waals surface area (Å²) in [5, 5.41) is 37.9. The van der Waals surface area contributed by atoms with Gasteiger partial charge in [0.05, 0.1) is 23.9 Å². The van der Waals surface area contributed by atoms with Crippen molar-refractivity contribution in [2.75, 3.05) is 20.1 Å².